The summed E-state index contributed by atoms with van der Waals surface area (Å²) in [7, 11) is 0. The molecule has 3 aromatic rings. The minimum Gasteiger partial charge on any atom is -0.508 e. The highest BCUT2D eigenvalue weighted by Gasteiger charge is 2.21. The van der Waals surface area contributed by atoms with E-state index < -0.39 is 0 Å². The van der Waals surface area contributed by atoms with Crippen LogP contribution in [0.1, 0.15) is 30.5 Å². The molecule has 1 heterocycles. The lowest BCUT2D eigenvalue weighted by atomic mass is 10.0. The average Bonchev–Trinajstić information content (AvgIpc) is 2.78. The van der Waals surface area contributed by atoms with Gasteiger partial charge < -0.3 is 10.2 Å². The molecule has 2 aromatic carbocycles. The number of hydrogen-bond acceptors (Lipinski definition) is 3. The largest absolute Gasteiger partial charge is 0.508 e. The zero-order chi connectivity index (χ0) is 16.5. The van der Waals surface area contributed by atoms with Gasteiger partial charge in [0.15, 0.2) is 0 Å². The van der Waals surface area contributed by atoms with Crippen molar-refractivity contribution < 1.29 is 10.2 Å². The highest BCUT2D eigenvalue weighted by Crippen LogP contribution is 2.33. The fourth-order valence-corrected chi connectivity index (χ4v) is 3.43. The molecule has 0 amide bonds. The van der Waals surface area contributed by atoms with E-state index in [0.29, 0.717) is 0 Å². The number of fused-ring (bicyclic) bond motifs is 1. The molecule has 24 heavy (non-hydrogen) atoms. The molecule has 0 atom stereocenters. The predicted molar refractivity (Wildman–Crippen MR) is 93.6 cm³/mol. The molecule has 0 bridgehead atoms. The molecule has 0 saturated heterocycles. The number of hydrogen-bond donors (Lipinski definition) is 2. The molecule has 4 rings (SSSR count). The van der Waals surface area contributed by atoms with Crippen molar-refractivity contribution in [2.45, 2.75) is 32.1 Å². The summed E-state index contributed by atoms with van der Waals surface area (Å²) >= 11 is 0. The van der Waals surface area contributed by atoms with E-state index in [1.165, 1.54) is 30.5 Å². The van der Waals surface area contributed by atoms with Crippen LogP contribution in [-0.4, -0.2) is 20.0 Å². The number of phenols is 2. The van der Waals surface area contributed by atoms with E-state index in [4.69, 9.17) is 5.10 Å². The van der Waals surface area contributed by atoms with Gasteiger partial charge in [-0.1, -0.05) is 6.42 Å². The first-order chi connectivity index (χ1) is 11.7. The summed E-state index contributed by atoms with van der Waals surface area (Å²) in [6.07, 6.45) is 5.63. The Bertz CT molecular complexity index is 779. The number of nitrogens with zero attached hydrogens (tertiary/aromatic N) is 2. The van der Waals surface area contributed by atoms with Crippen molar-refractivity contribution in [2.75, 3.05) is 0 Å². The first kappa shape index (κ1) is 14.8. The van der Waals surface area contributed by atoms with Gasteiger partial charge in [-0.15, -0.1) is 0 Å². The highest BCUT2D eigenvalue weighted by atomic mass is 16.3. The minimum absolute atomic E-state index is 0.260. The van der Waals surface area contributed by atoms with Crippen LogP contribution >= 0.6 is 0 Å². The number of phenolic OH excluding ortho intramolecular Hbond substituents is 2. The van der Waals surface area contributed by atoms with Crippen LogP contribution in [0.15, 0.2) is 48.5 Å². The lowest BCUT2D eigenvalue weighted by Gasteiger charge is -2.07. The third-order valence-electron chi connectivity index (χ3n) is 4.67. The molecule has 1 aliphatic rings. The first-order valence-corrected chi connectivity index (χ1v) is 8.42. The fraction of sp³-hybridized carbons (Fsp3) is 0.250. The van der Waals surface area contributed by atoms with Gasteiger partial charge in [-0.05, 0) is 74.2 Å². The summed E-state index contributed by atoms with van der Waals surface area (Å²) in [6, 6.07) is 14.4. The van der Waals surface area contributed by atoms with Gasteiger partial charge >= 0.3 is 0 Å². The number of aromatic hydroxyl groups is 2. The topological polar surface area (TPSA) is 58.3 Å². The van der Waals surface area contributed by atoms with Crippen LogP contribution in [0, 0.1) is 0 Å². The molecule has 4 nitrogen and oxygen atoms in total. The second kappa shape index (κ2) is 6.04. The summed E-state index contributed by atoms with van der Waals surface area (Å²) in [5, 5.41) is 24.0. The first-order valence-electron chi connectivity index (χ1n) is 8.42. The van der Waals surface area contributed by atoms with Crippen molar-refractivity contribution in [3.63, 3.8) is 0 Å². The van der Waals surface area contributed by atoms with Crippen LogP contribution in [0.4, 0.5) is 0 Å². The van der Waals surface area contributed by atoms with Crippen LogP contribution in [-0.2, 0) is 12.8 Å². The average molecular weight is 320 g/mol. The van der Waals surface area contributed by atoms with Gasteiger partial charge in [0.25, 0.3) is 0 Å². The van der Waals surface area contributed by atoms with Crippen molar-refractivity contribution in [2.24, 2.45) is 0 Å². The fourth-order valence-electron chi connectivity index (χ4n) is 3.43. The van der Waals surface area contributed by atoms with E-state index in [9.17, 15) is 10.2 Å². The Balaban J connectivity index is 1.88. The second-order valence-corrected chi connectivity index (χ2v) is 6.31. The van der Waals surface area contributed by atoms with Gasteiger partial charge in [0, 0.05) is 16.8 Å². The zero-order valence-electron chi connectivity index (χ0n) is 13.4. The van der Waals surface area contributed by atoms with Gasteiger partial charge in [0.1, 0.15) is 11.5 Å². The van der Waals surface area contributed by atoms with E-state index in [1.807, 2.05) is 28.9 Å². The molecule has 4 heteroatoms. The van der Waals surface area contributed by atoms with Gasteiger partial charge in [-0.3, -0.25) is 0 Å². The van der Waals surface area contributed by atoms with E-state index in [2.05, 4.69) is 0 Å². The minimum atomic E-state index is 0.260. The summed E-state index contributed by atoms with van der Waals surface area (Å²) in [4.78, 5) is 0. The Kier molecular flexibility index (Phi) is 3.73. The molecule has 0 unspecified atom stereocenters. The number of rotatable bonds is 2. The number of aromatic nitrogens is 2. The van der Waals surface area contributed by atoms with E-state index in [0.717, 1.165) is 29.8 Å². The Hall–Kier alpha value is -2.75. The molecule has 122 valence electrons. The lowest BCUT2D eigenvalue weighted by molar-refractivity contribution is 0.474. The van der Waals surface area contributed by atoms with Crippen molar-refractivity contribution in [3.8, 4) is 28.4 Å². The summed E-state index contributed by atoms with van der Waals surface area (Å²) in [5.74, 6) is 0.526. The van der Waals surface area contributed by atoms with Crippen LogP contribution in [0.5, 0.6) is 11.5 Å². The van der Waals surface area contributed by atoms with Gasteiger partial charge in [-0.25, -0.2) is 4.68 Å². The molecule has 2 N–H and O–H groups in total. The maximum absolute atomic E-state index is 9.55. The quantitative estimate of drug-likeness (QED) is 0.695. The second-order valence-electron chi connectivity index (χ2n) is 6.31. The molecular formula is C20H20N2O2. The van der Waals surface area contributed by atoms with Crippen molar-refractivity contribution in [1.82, 2.24) is 9.78 Å². The molecule has 1 aromatic heterocycles. The van der Waals surface area contributed by atoms with Crippen molar-refractivity contribution >= 4 is 0 Å². The number of benzene rings is 2. The van der Waals surface area contributed by atoms with Crippen LogP contribution < -0.4 is 0 Å². The zero-order valence-corrected chi connectivity index (χ0v) is 13.4. The Labute approximate surface area is 141 Å². The molecule has 0 radical (unpaired) electrons. The Morgan fingerprint density at radius 1 is 0.750 bits per heavy atom. The molecule has 1 aliphatic carbocycles. The van der Waals surface area contributed by atoms with Gasteiger partial charge in [-0.2, -0.15) is 5.10 Å². The van der Waals surface area contributed by atoms with E-state index >= 15 is 0 Å². The summed E-state index contributed by atoms with van der Waals surface area (Å²) < 4.78 is 2.02. The van der Waals surface area contributed by atoms with Crippen LogP contribution in [0.25, 0.3) is 16.9 Å². The third-order valence-corrected chi connectivity index (χ3v) is 4.67. The molecule has 0 aliphatic heterocycles. The maximum Gasteiger partial charge on any atom is 0.115 e. The molecule has 0 spiro atoms. The van der Waals surface area contributed by atoms with Crippen molar-refractivity contribution in [3.05, 3.63) is 59.8 Å². The van der Waals surface area contributed by atoms with Gasteiger partial charge in [0.05, 0.1) is 11.4 Å². The van der Waals surface area contributed by atoms with E-state index in [1.54, 1.807) is 24.3 Å². The normalized spacial score (nSPS) is 14.2. The predicted octanol–water partition coefficient (Wildman–Crippen LogP) is 4.22. The smallest absolute Gasteiger partial charge is 0.115 e. The third kappa shape index (κ3) is 2.64. The standard InChI is InChI=1S/C20H20N2O2/c23-16-10-6-14(7-11-16)20-18-4-2-1-3-5-19(18)22(21-20)15-8-12-17(24)13-9-15/h6-13,23-24H,1-5H2. The Morgan fingerprint density at radius 3 is 2.08 bits per heavy atom. The van der Waals surface area contributed by atoms with Crippen molar-refractivity contribution in [1.29, 1.82) is 0 Å². The Morgan fingerprint density at radius 2 is 1.38 bits per heavy atom. The van der Waals surface area contributed by atoms with Crippen LogP contribution in [0.2, 0.25) is 0 Å². The molecule has 0 fully saturated rings. The highest BCUT2D eigenvalue weighted by molar-refractivity contribution is 5.66. The molecule has 0 saturated carbocycles. The molecular weight excluding hydrogens is 300 g/mol. The maximum atomic E-state index is 9.55. The SMILES string of the molecule is Oc1ccc(-c2nn(-c3ccc(O)cc3)c3c2CCCCC3)cc1. The van der Waals surface area contributed by atoms with E-state index in [-0.39, 0.29) is 11.5 Å². The van der Waals surface area contributed by atoms with Gasteiger partial charge in [0.2, 0.25) is 0 Å². The monoisotopic (exact) mass is 320 g/mol. The summed E-state index contributed by atoms with van der Waals surface area (Å²) in [5.41, 5.74) is 5.58. The van der Waals surface area contributed by atoms with Crippen LogP contribution in [0.3, 0.4) is 0 Å². The lowest BCUT2D eigenvalue weighted by Crippen LogP contribution is -2.02. The summed E-state index contributed by atoms with van der Waals surface area (Å²) in [6.45, 7) is 0.